The van der Waals surface area contributed by atoms with Crippen molar-refractivity contribution in [2.45, 2.75) is 37.9 Å². The van der Waals surface area contributed by atoms with Crippen molar-refractivity contribution in [1.82, 2.24) is 14.8 Å². The highest BCUT2D eigenvalue weighted by Crippen LogP contribution is 2.45. The highest BCUT2D eigenvalue weighted by Gasteiger charge is 2.53. The molecule has 2 aliphatic rings. The van der Waals surface area contributed by atoms with Crippen molar-refractivity contribution in [3.63, 3.8) is 0 Å². The molecule has 1 aromatic carbocycles. The molecule has 2 aliphatic heterocycles. The third-order valence-electron chi connectivity index (χ3n) is 6.99. The molecule has 0 bridgehead atoms. The maximum Gasteiger partial charge on any atom is 0.275 e. The van der Waals surface area contributed by atoms with Crippen LogP contribution in [0.4, 0.5) is 8.78 Å². The van der Waals surface area contributed by atoms with Gasteiger partial charge in [0.05, 0.1) is 25.3 Å². The van der Waals surface area contributed by atoms with Gasteiger partial charge in [0.1, 0.15) is 17.2 Å². The van der Waals surface area contributed by atoms with Crippen molar-refractivity contribution in [2.75, 3.05) is 26.9 Å². The van der Waals surface area contributed by atoms with Crippen LogP contribution in [0.3, 0.4) is 0 Å². The van der Waals surface area contributed by atoms with Gasteiger partial charge in [0, 0.05) is 31.5 Å². The Labute approximate surface area is 213 Å². The van der Waals surface area contributed by atoms with Gasteiger partial charge in [-0.1, -0.05) is 12.2 Å². The molecule has 2 aromatic rings. The summed E-state index contributed by atoms with van der Waals surface area (Å²) in [4.78, 5) is 41.8. The topological polar surface area (TPSA) is 89.9 Å². The van der Waals surface area contributed by atoms with Crippen LogP contribution in [0.2, 0.25) is 0 Å². The summed E-state index contributed by atoms with van der Waals surface area (Å²) in [7, 11) is 1.25. The van der Waals surface area contributed by atoms with Crippen LogP contribution in [0.25, 0.3) is 0 Å². The van der Waals surface area contributed by atoms with Gasteiger partial charge in [0.2, 0.25) is 5.43 Å². The van der Waals surface area contributed by atoms with E-state index in [0.717, 1.165) is 12.1 Å². The molecule has 196 valence electrons. The summed E-state index contributed by atoms with van der Waals surface area (Å²) >= 11 is 0. The van der Waals surface area contributed by atoms with E-state index in [1.165, 1.54) is 13.3 Å². The number of amides is 2. The number of nitrogens with zero attached hydrogens (tertiary/aromatic N) is 2. The monoisotopic (exact) mass is 513 g/mol. The maximum atomic E-state index is 14.3. The van der Waals surface area contributed by atoms with Crippen LogP contribution >= 0.6 is 0 Å². The third kappa shape index (κ3) is 4.35. The summed E-state index contributed by atoms with van der Waals surface area (Å²) < 4.78 is 41.3. The highest BCUT2D eigenvalue weighted by atomic mass is 19.1. The molecule has 10 heteroatoms. The van der Waals surface area contributed by atoms with E-state index in [0.29, 0.717) is 25.0 Å². The van der Waals surface area contributed by atoms with Crippen LogP contribution in [-0.2, 0) is 11.3 Å². The molecule has 3 heterocycles. The molecule has 1 saturated heterocycles. The largest absolute Gasteiger partial charge is 0.491 e. The van der Waals surface area contributed by atoms with Crippen molar-refractivity contribution < 1.29 is 27.8 Å². The predicted octanol–water partition coefficient (Wildman–Crippen LogP) is 3.29. The number of carbonyl (C=O) groups is 2. The van der Waals surface area contributed by atoms with Crippen LogP contribution in [0.5, 0.6) is 5.75 Å². The van der Waals surface area contributed by atoms with Crippen LogP contribution in [0.15, 0.2) is 48.4 Å². The number of benzene rings is 1. The molecule has 4 rings (SSSR count). The molecule has 0 radical (unpaired) electrons. The van der Waals surface area contributed by atoms with E-state index >= 15 is 0 Å². The Morgan fingerprint density at radius 1 is 1.27 bits per heavy atom. The first-order chi connectivity index (χ1) is 17.7. The predicted molar refractivity (Wildman–Crippen MR) is 133 cm³/mol. The fourth-order valence-corrected chi connectivity index (χ4v) is 5.32. The van der Waals surface area contributed by atoms with Gasteiger partial charge < -0.3 is 24.3 Å². The fourth-order valence-electron chi connectivity index (χ4n) is 5.32. The summed E-state index contributed by atoms with van der Waals surface area (Å²) in [5.41, 5.74) is -1.83. The zero-order valence-electron chi connectivity index (χ0n) is 20.8. The number of aryl methyl sites for hydroxylation is 1. The lowest BCUT2D eigenvalue weighted by molar-refractivity contribution is -0.0746. The van der Waals surface area contributed by atoms with Crippen molar-refractivity contribution in [2.24, 2.45) is 0 Å². The average molecular weight is 514 g/mol. The highest BCUT2D eigenvalue weighted by molar-refractivity contribution is 6.00. The molecule has 1 aromatic heterocycles. The second kappa shape index (κ2) is 10.3. The van der Waals surface area contributed by atoms with Gasteiger partial charge in [-0.3, -0.25) is 14.4 Å². The van der Waals surface area contributed by atoms with E-state index in [1.54, 1.807) is 28.5 Å². The van der Waals surface area contributed by atoms with Gasteiger partial charge in [-0.2, -0.15) is 0 Å². The lowest BCUT2D eigenvalue weighted by atomic mass is 9.79. The summed E-state index contributed by atoms with van der Waals surface area (Å²) in [5.74, 6) is -3.20. The van der Waals surface area contributed by atoms with Gasteiger partial charge in [-0.05, 0) is 37.5 Å². The number of nitrogens with one attached hydrogen (secondary N) is 1. The Morgan fingerprint density at radius 2 is 1.97 bits per heavy atom. The van der Waals surface area contributed by atoms with Crippen LogP contribution in [0, 0.1) is 18.6 Å². The molecule has 0 aliphatic carbocycles. The first-order valence-corrected chi connectivity index (χ1v) is 11.9. The molecule has 8 nitrogen and oxygen atoms in total. The van der Waals surface area contributed by atoms with Gasteiger partial charge in [0.25, 0.3) is 11.8 Å². The van der Waals surface area contributed by atoms with E-state index in [1.807, 2.05) is 0 Å². The minimum absolute atomic E-state index is 0.0214. The number of rotatable bonds is 8. The summed E-state index contributed by atoms with van der Waals surface area (Å²) in [6.07, 6.45) is 5.52. The molecule has 1 fully saturated rings. The van der Waals surface area contributed by atoms with Crippen LogP contribution in [0.1, 0.15) is 50.9 Å². The SMILES string of the molecule is C=CCN1C(=O)c2c(OC)c(=O)c(C(=O)NCc3c(F)cc(C)cc3F)cn2C2CCOC[C@]21CC=C. The van der Waals surface area contributed by atoms with Crippen molar-refractivity contribution in [1.29, 1.82) is 0 Å². The lowest BCUT2D eigenvalue weighted by Crippen LogP contribution is -2.65. The van der Waals surface area contributed by atoms with E-state index in [9.17, 15) is 23.2 Å². The molecular weight excluding hydrogens is 484 g/mol. The Morgan fingerprint density at radius 3 is 2.59 bits per heavy atom. The Hall–Kier alpha value is -3.79. The zero-order valence-corrected chi connectivity index (χ0v) is 20.8. The quantitative estimate of drug-likeness (QED) is 0.548. The number of aromatic nitrogens is 1. The van der Waals surface area contributed by atoms with E-state index in [4.69, 9.17) is 9.47 Å². The number of pyridine rings is 1. The molecule has 0 saturated carbocycles. The Bertz CT molecular complexity index is 1320. The van der Waals surface area contributed by atoms with Gasteiger partial charge in [-0.15, -0.1) is 13.2 Å². The molecule has 0 spiro atoms. The van der Waals surface area contributed by atoms with Crippen molar-refractivity contribution in [3.8, 4) is 5.75 Å². The number of methoxy groups -OCH3 is 1. The number of carbonyl (C=O) groups excluding carboxylic acids is 2. The summed E-state index contributed by atoms with van der Waals surface area (Å²) in [5, 5.41) is 2.43. The summed E-state index contributed by atoms with van der Waals surface area (Å²) in [6, 6.07) is 1.96. The minimum Gasteiger partial charge on any atom is -0.491 e. The lowest BCUT2D eigenvalue weighted by Gasteiger charge is -2.54. The fraction of sp³-hybridized carbons (Fsp3) is 0.370. The number of hydrogen-bond acceptors (Lipinski definition) is 5. The van der Waals surface area contributed by atoms with E-state index in [2.05, 4.69) is 18.5 Å². The molecular formula is C27H29F2N3O5. The maximum absolute atomic E-state index is 14.3. The molecule has 1 unspecified atom stereocenters. The average Bonchev–Trinajstić information content (AvgIpc) is 2.85. The van der Waals surface area contributed by atoms with E-state index in [-0.39, 0.29) is 41.8 Å². The Kier molecular flexibility index (Phi) is 7.31. The molecule has 2 atom stereocenters. The van der Waals surface area contributed by atoms with Crippen LogP contribution < -0.4 is 15.5 Å². The molecule has 2 amide bonds. The van der Waals surface area contributed by atoms with Gasteiger partial charge in [-0.25, -0.2) is 8.78 Å². The summed E-state index contributed by atoms with van der Waals surface area (Å²) in [6.45, 7) is 9.54. The first kappa shape index (κ1) is 26.3. The van der Waals surface area contributed by atoms with E-state index < -0.39 is 41.0 Å². The number of halogens is 2. The first-order valence-electron chi connectivity index (χ1n) is 11.9. The minimum atomic E-state index is -0.847. The van der Waals surface area contributed by atoms with Gasteiger partial charge >= 0.3 is 0 Å². The van der Waals surface area contributed by atoms with Gasteiger partial charge in [0.15, 0.2) is 11.4 Å². The number of hydrogen-bond donors (Lipinski definition) is 1. The standard InChI is InChI=1S/C27H29F2N3O5/c1-5-8-27-15-37-10-7-21(27)31-14-18(23(33)24(36-4)22(31)26(35)32(27)9-6-2)25(34)30-13-17-19(28)11-16(3)12-20(17)29/h5-6,11-12,14,21H,1-2,7-10,13,15H2,3-4H3,(H,30,34)/t21?,27-/m1/s1. The molecule has 37 heavy (non-hydrogen) atoms. The van der Waals surface area contributed by atoms with Crippen LogP contribution in [-0.4, -0.2) is 53.7 Å². The normalized spacial score (nSPS) is 20.6. The molecule has 1 N–H and O–H groups in total. The second-order valence-corrected chi connectivity index (χ2v) is 9.21. The zero-order chi connectivity index (χ0) is 26.9. The second-order valence-electron chi connectivity index (χ2n) is 9.21. The smallest absolute Gasteiger partial charge is 0.275 e. The number of ether oxygens (including phenoxy) is 2. The number of fused-ring (bicyclic) bond motifs is 3. The van der Waals surface area contributed by atoms with Crippen molar-refractivity contribution in [3.05, 3.63) is 87.9 Å². The van der Waals surface area contributed by atoms with Crippen molar-refractivity contribution >= 4 is 11.8 Å². The third-order valence-corrected chi connectivity index (χ3v) is 6.99. The Balaban J connectivity index is 1.81.